The third-order valence-corrected chi connectivity index (χ3v) is 2.69. The van der Waals surface area contributed by atoms with E-state index >= 15 is 0 Å². The van der Waals surface area contributed by atoms with Crippen LogP contribution >= 0.6 is 25.3 Å². The Balaban J connectivity index is 0. The number of hydrogen-bond acceptors (Lipinski definition) is 8. The van der Waals surface area contributed by atoms with E-state index in [-0.39, 0.29) is 43.5 Å². The SMILES string of the molecule is CC1CO1.CC1CO1.O.O=C(CCS)OCCOC(=O)CCS. The fourth-order valence-corrected chi connectivity index (χ4v) is 1.20. The summed E-state index contributed by atoms with van der Waals surface area (Å²) in [7, 11) is 0. The van der Waals surface area contributed by atoms with E-state index in [1.165, 1.54) is 0 Å². The van der Waals surface area contributed by atoms with Gasteiger partial charge in [0.15, 0.2) is 0 Å². The number of carbonyl (C=O) groups excluding carboxylic acids is 2. The first-order valence-electron chi connectivity index (χ1n) is 7.25. The topological polar surface area (TPSA) is 109 Å². The molecule has 2 aliphatic rings. The van der Waals surface area contributed by atoms with Gasteiger partial charge in [-0.05, 0) is 13.8 Å². The highest BCUT2D eigenvalue weighted by molar-refractivity contribution is 7.80. The van der Waals surface area contributed by atoms with E-state index in [1.54, 1.807) is 0 Å². The van der Waals surface area contributed by atoms with Crippen LogP contribution < -0.4 is 0 Å². The van der Waals surface area contributed by atoms with Gasteiger partial charge in [-0.1, -0.05) is 0 Å². The van der Waals surface area contributed by atoms with Gasteiger partial charge in [0, 0.05) is 11.5 Å². The monoisotopic (exact) mass is 372 g/mol. The van der Waals surface area contributed by atoms with Crippen molar-refractivity contribution in [3.05, 3.63) is 0 Å². The van der Waals surface area contributed by atoms with Crippen molar-refractivity contribution in [2.24, 2.45) is 0 Å². The lowest BCUT2D eigenvalue weighted by molar-refractivity contribution is -0.151. The van der Waals surface area contributed by atoms with E-state index in [2.05, 4.69) is 39.1 Å². The molecule has 0 saturated carbocycles. The molecule has 9 heteroatoms. The van der Waals surface area contributed by atoms with Crippen LogP contribution in [0.5, 0.6) is 0 Å². The largest absolute Gasteiger partial charge is 0.462 e. The van der Waals surface area contributed by atoms with E-state index in [0.717, 1.165) is 13.2 Å². The van der Waals surface area contributed by atoms with E-state index in [4.69, 9.17) is 18.9 Å². The first kappa shape index (κ1) is 24.8. The van der Waals surface area contributed by atoms with E-state index < -0.39 is 0 Å². The summed E-state index contributed by atoms with van der Waals surface area (Å²) in [5.41, 5.74) is 0. The quantitative estimate of drug-likeness (QED) is 0.295. The van der Waals surface area contributed by atoms with Gasteiger partial charge in [-0.15, -0.1) is 0 Å². The predicted octanol–water partition coefficient (Wildman–Crippen LogP) is 0.698. The fourth-order valence-electron chi connectivity index (χ4n) is 0.830. The second kappa shape index (κ2) is 16.4. The molecule has 2 saturated heterocycles. The van der Waals surface area contributed by atoms with Crippen molar-refractivity contribution in [1.82, 2.24) is 0 Å². The molecule has 0 aromatic carbocycles. The lowest BCUT2D eigenvalue weighted by Gasteiger charge is -2.04. The van der Waals surface area contributed by atoms with Crippen LogP contribution in [0, 0.1) is 0 Å². The second-order valence-electron chi connectivity index (χ2n) is 4.68. The van der Waals surface area contributed by atoms with Gasteiger partial charge in [0.05, 0.1) is 38.3 Å². The Kier molecular flexibility index (Phi) is 17.6. The molecule has 7 nitrogen and oxygen atoms in total. The van der Waals surface area contributed by atoms with Crippen molar-refractivity contribution < 1.29 is 34.0 Å². The Labute approximate surface area is 148 Å². The summed E-state index contributed by atoms with van der Waals surface area (Å²) < 4.78 is 18.9. The van der Waals surface area contributed by atoms with Gasteiger partial charge < -0.3 is 24.4 Å². The van der Waals surface area contributed by atoms with E-state index in [1.807, 2.05) is 0 Å². The van der Waals surface area contributed by atoms with Gasteiger partial charge in [-0.25, -0.2) is 0 Å². The molecule has 0 amide bonds. The highest BCUT2D eigenvalue weighted by atomic mass is 32.1. The molecule has 2 atom stereocenters. The Morgan fingerprint density at radius 1 is 0.913 bits per heavy atom. The van der Waals surface area contributed by atoms with Crippen LogP contribution in [0.1, 0.15) is 26.7 Å². The lowest BCUT2D eigenvalue weighted by atomic mass is 10.5. The molecule has 2 aliphatic heterocycles. The average molecular weight is 373 g/mol. The highest BCUT2D eigenvalue weighted by Gasteiger charge is 2.13. The normalized spacial score (nSPS) is 19.7. The molecule has 138 valence electrons. The minimum atomic E-state index is -0.328. The minimum absolute atomic E-state index is 0. The molecule has 2 N–H and O–H groups in total. The van der Waals surface area contributed by atoms with Gasteiger partial charge in [0.1, 0.15) is 13.2 Å². The molecule has 0 spiro atoms. The standard InChI is InChI=1S/C8H14O4S2.2C3H6O.H2O/c9-7(1-5-13)11-3-4-12-8(10)2-6-14;2*1-3-2-4-3;/h13-14H,1-6H2;2*3H,2H2,1H3;1H2. The Morgan fingerprint density at radius 2 is 1.17 bits per heavy atom. The highest BCUT2D eigenvalue weighted by Crippen LogP contribution is 2.04. The summed E-state index contributed by atoms with van der Waals surface area (Å²) in [5, 5.41) is 0. The van der Waals surface area contributed by atoms with Crippen LogP contribution in [-0.4, -0.2) is 67.6 Å². The smallest absolute Gasteiger partial charge is 0.306 e. The maximum atomic E-state index is 10.8. The third kappa shape index (κ3) is 23.9. The van der Waals surface area contributed by atoms with Crippen molar-refractivity contribution in [2.45, 2.75) is 38.9 Å². The zero-order valence-corrected chi connectivity index (χ0v) is 15.4. The number of carbonyl (C=O) groups is 2. The third-order valence-electron chi connectivity index (χ3n) is 2.24. The Bertz CT molecular complexity index is 278. The first-order chi connectivity index (χ1) is 10.5. The molecule has 2 fully saturated rings. The van der Waals surface area contributed by atoms with Crippen LogP contribution in [0.4, 0.5) is 0 Å². The molecular formula is C14H28O7S2. The van der Waals surface area contributed by atoms with E-state index in [0.29, 0.717) is 23.7 Å². The molecule has 0 aromatic heterocycles. The summed E-state index contributed by atoms with van der Waals surface area (Å²) in [6, 6.07) is 0. The number of hydrogen-bond donors (Lipinski definition) is 2. The van der Waals surface area contributed by atoms with Crippen molar-refractivity contribution in [3.8, 4) is 0 Å². The summed E-state index contributed by atoms with van der Waals surface area (Å²) in [5.74, 6) is 0.256. The predicted molar refractivity (Wildman–Crippen MR) is 93.3 cm³/mol. The molecular weight excluding hydrogens is 344 g/mol. The Hall–Kier alpha value is -0.480. The maximum Gasteiger partial charge on any atom is 0.306 e. The zero-order valence-electron chi connectivity index (χ0n) is 13.7. The minimum Gasteiger partial charge on any atom is -0.462 e. The average Bonchev–Trinajstić information content (AvgIpc) is 3.38. The van der Waals surface area contributed by atoms with Crippen LogP contribution in [0.2, 0.25) is 0 Å². The number of esters is 2. The van der Waals surface area contributed by atoms with Crippen molar-refractivity contribution in [1.29, 1.82) is 0 Å². The zero-order chi connectivity index (χ0) is 16.8. The van der Waals surface area contributed by atoms with E-state index in [9.17, 15) is 9.59 Å². The molecule has 2 rings (SSSR count). The van der Waals surface area contributed by atoms with Gasteiger partial charge in [0.2, 0.25) is 0 Å². The summed E-state index contributed by atoms with van der Waals surface area (Å²) in [6.07, 6.45) is 1.71. The van der Waals surface area contributed by atoms with Crippen LogP contribution in [0.3, 0.4) is 0 Å². The van der Waals surface area contributed by atoms with Gasteiger partial charge in [0.25, 0.3) is 0 Å². The Morgan fingerprint density at radius 3 is 1.35 bits per heavy atom. The molecule has 0 radical (unpaired) electrons. The van der Waals surface area contributed by atoms with Gasteiger partial charge >= 0.3 is 11.9 Å². The number of epoxide rings is 2. The molecule has 0 aromatic rings. The first-order valence-corrected chi connectivity index (χ1v) is 8.52. The molecule has 0 aliphatic carbocycles. The maximum absolute atomic E-state index is 10.8. The molecule has 0 bridgehead atoms. The van der Waals surface area contributed by atoms with Crippen LogP contribution in [0.15, 0.2) is 0 Å². The lowest BCUT2D eigenvalue weighted by Crippen LogP contribution is -2.14. The molecule has 2 unspecified atom stereocenters. The summed E-state index contributed by atoms with van der Waals surface area (Å²) in [6.45, 7) is 6.29. The second-order valence-corrected chi connectivity index (χ2v) is 5.57. The van der Waals surface area contributed by atoms with Crippen LogP contribution in [0.25, 0.3) is 0 Å². The number of thiol groups is 2. The summed E-state index contributed by atoms with van der Waals surface area (Å²) in [4.78, 5) is 21.6. The van der Waals surface area contributed by atoms with Gasteiger partial charge in [-0.3, -0.25) is 9.59 Å². The van der Waals surface area contributed by atoms with Crippen molar-refractivity contribution >= 4 is 37.2 Å². The summed E-state index contributed by atoms with van der Waals surface area (Å²) >= 11 is 7.74. The molecule has 23 heavy (non-hydrogen) atoms. The van der Waals surface area contributed by atoms with Crippen LogP contribution in [-0.2, 0) is 28.5 Å². The van der Waals surface area contributed by atoms with Crippen molar-refractivity contribution in [2.75, 3.05) is 37.9 Å². The molecule has 2 heterocycles. The van der Waals surface area contributed by atoms with Crippen molar-refractivity contribution in [3.63, 3.8) is 0 Å². The number of rotatable bonds is 7. The fraction of sp³-hybridized carbons (Fsp3) is 0.857. The van der Waals surface area contributed by atoms with Gasteiger partial charge in [-0.2, -0.15) is 25.3 Å². The number of ether oxygens (including phenoxy) is 4.